The molecular formula is C24H24N4O7S2. The maximum absolute atomic E-state index is 13.1. The SMILES string of the molecule is COc1c(C=CC(=O)NCc2ccco2)c(NS(=O)(=O)c2nccs2)cc2c(N3CCOCC3)coc12. The van der Waals surface area contributed by atoms with Crippen molar-refractivity contribution in [2.24, 2.45) is 0 Å². The van der Waals surface area contributed by atoms with Crippen molar-refractivity contribution >= 4 is 55.7 Å². The first kappa shape index (κ1) is 24.9. The van der Waals surface area contributed by atoms with Crippen molar-refractivity contribution in [1.82, 2.24) is 10.3 Å². The highest BCUT2D eigenvalue weighted by atomic mass is 32.2. The first-order valence-corrected chi connectivity index (χ1v) is 13.7. The second kappa shape index (κ2) is 10.7. The number of morpholine rings is 1. The molecule has 0 saturated carbocycles. The zero-order valence-electron chi connectivity index (χ0n) is 19.8. The summed E-state index contributed by atoms with van der Waals surface area (Å²) < 4.78 is 50.9. The number of amides is 1. The number of fused-ring (bicyclic) bond motifs is 1. The number of benzene rings is 1. The molecule has 5 rings (SSSR count). The molecule has 11 nitrogen and oxygen atoms in total. The fraction of sp³-hybridized carbons (Fsp3) is 0.250. The van der Waals surface area contributed by atoms with Crippen LogP contribution in [0.15, 0.2) is 61.6 Å². The second-order valence-corrected chi connectivity index (χ2v) is 10.8. The zero-order chi connectivity index (χ0) is 25.8. The predicted molar refractivity (Wildman–Crippen MR) is 138 cm³/mol. The number of rotatable bonds is 9. The molecule has 1 aliphatic rings. The molecule has 0 aliphatic carbocycles. The lowest BCUT2D eigenvalue weighted by Crippen LogP contribution is -2.36. The van der Waals surface area contributed by atoms with Gasteiger partial charge in [-0.15, -0.1) is 11.3 Å². The number of nitrogens with one attached hydrogen (secondary N) is 2. The summed E-state index contributed by atoms with van der Waals surface area (Å²) in [5.74, 6) is 0.480. The number of methoxy groups -OCH3 is 1. The van der Waals surface area contributed by atoms with E-state index in [1.165, 1.54) is 31.7 Å². The fourth-order valence-corrected chi connectivity index (χ4v) is 5.88. The summed E-state index contributed by atoms with van der Waals surface area (Å²) in [6, 6.07) is 5.15. The largest absolute Gasteiger partial charge is 0.492 e. The summed E-state index contributed by atoms with van der Waals surface area (Å²) in [5.41, 5.74) is 1.76. The van der Waals surface area contributed by atoms with Gasteiger partial charge in [-0.05, 0) is 24.3 Å². The number of nitrogens with zero attached hydrogens (tertiary/aromatic N) is 2. The van der Waals surface area contributed by atoms with Crippen molar-refractivity contribution in [2.45, 2.75) is 10.9 Å². The topological polar surface area (TPSA) is 136 Å². The molecule has 0 spiro atoms. The average Bonchev–Trinajstić information content (AvgIpc) is 3.68. The summed E-state index contributed by atoms with van der Waals surface area (Å²) >= 11 is 0.995. The Morgan fingerprint density at radius 3 is 2.84 bits per heavy atom. The quantitative estimate of drug-likeness (QED) is 0.304. The van der Waals surface area contributed by atoms with Crippen molar-refractivity contribution in [3.05, 3.63) is 59.7 Å². The zero-order valence-corrected chi connectivity index (χ0v) is 21.4. The highest BCUT2D eigenvalue weighted by Gasteiger charge is 2.25. The van der Waals surface area contributed by atoms with Crippen LogP contribution in [0.4, 0.5) is 11.4 Å². The third-order valence-corrected chi connectivity index (χ3v) is 8.26. The van der Waals surface area contributed by atoms with E-state index < -0.39 is 15.9 Å². The third-order valence-electron chi connectivity index (χ3n) is 5.70. The Morgan fingerprint density at radius 2 is 2.14 bits per heavy atom. The van der Waals surface area contributed by atoms with Crippen LogP contribution in [0.5, 0.6) is 5.75 Å². The molecule has 1 aliphatic heterocycles. The van der Waals surface area contributed by atoms with Crippen molar-refractivity contribution < 1.29 is 31.5 Å². The lowest BCUT2D eigenvalue weighted by atomic mass is 10.1. The number of ether oxygens (including phenoxy) is 2. The maximum atomic E-state index is 13.1. The van der Waals surface area contributed by atoms with E-state index in [4.69, 9.17) is 18.3 Å². The Bertz CT molecular complexity index is 1500. The minimum atomic E-state index is -3.99. The van der Waals surface area contributed by atoms with E-state index in [1.807, 2.05) is 0 Å². The van der Waals surface area contributed by atoms with E-state index in [9.17, 15) is 13.2 Å². The first-order valence-electron chi connectivity index (χ1n) is 11.3. The Hall–Kier alpha value is -3.81. The van der Waals surface area contributed by atoms with E-state index in [0.29, 0.717) is 48.6 Å². The number of thiazole rings is 1. The van der Waals surface area contributed by atoms with Gasteiger partial charge >= 0.3 is 0 Å². The number of furan rings is 2. The van der Waals surface area contributed by atoms with Crippen LogP contribution in [0, 0.1) is 0 Å². The van der Waals surface area contributed by atoms with Crippen LogP contribution in [-0.4, -0.2) is 52.7 Å². The summed E-state index contributed by atoms with van der Waals surface area (Å²) in [4.78, 5) is 18.5. The van der Waals surface area contributed by atoms with E-state index in [-0.39, 0.29) is 22.3 Å². The number of aromatic nitrogens is 1. The van der Waals surface area contributed by atoms with Crippen molar-refractivity contribution in [3.8, 4) is 5.75 Å². The van der Waals surface area contributed by atoms with Gasteiger partial charge in [0.2, 0.25) is 10.2 Å². The Balaban J connectivity index is 1.55. The number of carbonyl (C=O) groups is 1. The molecule has 3 aromatic heterocycles. The molecule has 37 heavy (non-hydrogen) atoms. The van der Waals surface area contributed by atoms with Gasteiger partial charge in [-0.1, -0.05) is 0 Å². The van der Waals surface area contributed by atoms with Crippen LogP contribution >= 0.6 is 11.3 Å². The standard InChI is InChI=1S/C24H24N4O7S2/c1-32-22-17(4-5-21(29)26-14-16-3-2-9-34-16)19(27-37(30,31)24-25-6-12-36-24)13-18-20(15-35-23(18)22)28-7-10-33-11-8-28/h2-6,9,12-13,15,27H,7-8,10-11,14H2,1H3,(H,26,29). The monoisotopic (exact) mass is 544 g/mol. The number of carbonyl (C=O) groups excluding carboxylic acids is 1. The molecule has 13 heteroatoms. The normalized spacial score (nSPS) is 14.4. The molecule has 194 valence electrons. The maximum Gasteiger partial charge on any atom is 0.289 e. The van der Waals surface area contributed by atoms with Gasteiger partial charge in [0.15, 0.2) is 11.3 Å². The summed E-state index contributed by atoms with van der Waals surface area (Å²) in [5, 5.41) is 4.96. The summed E-state index contributed by atoms with van der Waals surface area (Å²) in [6.45, 7) is 2.67. The minimum Gasteiger partial charge on any atom is -0.492 e. The van der Waals surface area contributed by atoms with Gasteiger partial charge in [0.25, 0.3) is 10.0 Å². The van der Waals surface area contributed by atoms with Crippen LogP contribution in [0.2, 0.25) is 0 Å². The van der Waals surface area contributed by atoms with E-state index in [0.717, 1.165) is 17.0 Å². The first-order chi connectivity index (χ1) is 18.0. The van der Waals surface area contributed by atoms with Crippen LogP contribution in [-0.2, 0) is 26.1 Å². The van der Waals surface area contributed by atoms with Crippen molar-refractivity contribution in [1.29, 1.82) is 0 Å². The summed E-state index contributed by atoms with van der Waals surface area (Å²) in [6.07, 6.45) is 7.32. The minimum absolute atomic E-state index is 0.0849. The lowest BCUT2D eigenvalue weighted by Gasteiger charge is -2.27. The lowest BCUT2D eigenvalue weighted by molar-refractivity contribution is -0.116. The summed E-state index contributed by atoms with van der Waals surface area (Å²) in [7, 11) is -2.54. The molecular weight excluding hydrogens is 520 g/mol. The van der Waals surface area contributed by atoms with Crippen LogP contribution in [0.1, 0.15) is 11.3 Å². The second-order valence-electron chi connectivity index (χ2n) is 8.00. The number of hydrogen-bond acceptors (Lipinski definition) is 10. The van der Waals surface area contributed by atoms with E-state index in [2.05, 4.69) is 19.9 Å². The molecule has 0 radical (unpaired) electrons. The fourth-order valence-electron chi connectivity index (χ4n) is 3.98. The molecule has 4 aromatic rings. The smallest absolute Gasteiger partial charge is 0.289 e. The molecule has 0 unspecified atom stereocenters. The number of sulfonamides is 1. The Morgan fingerprint density at radius 1 is 1.30 bits per heavy atom. The van der Waals surface area contributed by atoms with Gasteiger partial charge in [-0.2, -0.15) is 8.42 Å². The molecule has 1 saturated heterocycles. The van der Waals surface area contributed by atoms with Crippen molar-refractivity contribution in [2.75, 3.05) is 43.0 Å². The van der Waals surface area contributed by atoms with Crippen LogP contribution in [0.3, 0.4) is 0 Å². The highest BCUT2D eigenvalue weighted by molar-refractivity contribution is 7.94. The molecule has 2 N–H and O–H groups in total. The predicted octanol–water partition coefficient (Wildman–Crippen LogP) is 3.46. The molecule has 0 bridgehead atoms. The van der Waals surface area contributed by atoms with Gasteiger partial charge in [0, 0.05) is 41.7 Å². The van der Waals surface area contributed by atoms with Gasteiger partial charge in [-0.25, -0.2) is 4.98 Å². The van der Waals surface area contributed by atoms with Crippen molar-refractivity contribution in [3.63, 3.8) is 0 Å². The van der Waals surface area contributed by atoms with Gasteiger partial charge in [0.1, 0.15) is 12.0 Å². The van der Waals surface area contributed by atoms with E-state index >= 15 is 0 Å². The van der Waals surface area contributed by atoms with Crippen LogP contribution < -0.4 is 19.7 Å². The molecule has 0 atom stereocenters. The Labute approximate surface area is 216 Å². The van der Waals surface area contributed by atoms with E-state index in [1.54, 1.807) is 29.8 Å². The third kappa shape index (κ3) is 5.33. The molecule has 1 fully saturated rings. The highest BCUT2D eigenvalue weighted by Crippen LogP contribution is 2.42. The molecule has 1 amide bonds. The van der Waals surface area contributed by atoms with Gasteiger partial charge in [0.05, 0.1) is 44.5 Å². The van der Waals surface area contributed by atoms with Gasteiger partial charge < -0.3 is 28.5 Å². The van der Waals surface area contributed by atoms with Gasteiger partial charge in [-0.3, -0.25) is 9.52 Å². The molecule has 4 heterocycles. The Kier molecular flexibility index (Phi) is 7.17. The average molecular weight is 545 g/mol. The van der Waals surface area contributed by atoms with Crippen LogP contribution in [0.25, 0.3) is 17.0 Å². The number of hydrogen-bond donors (Lipinski definition) is 2. The number of anilines is 2. The molecule has 1 aromatic carbocycles.